The molecule has 1 aliphatic carbocycles. The summed E-state index contributed by atoms with van der Waals surface area (Å²) in [4.78, 5) is 11.6. The van der Waals surface area contributed by atoms with E-state index in [0.29, 0.717) is 12.0 Å². The lowest BCUT2D eigenvalue weighted by atomic mass is 9.85. The number of esters is 1. The fourth-order valence-electron chi connectivity index (χ4n) is 2.67. The number of ether oxygens (including phenoxy) is 1. The van der Waals surface area contributed by atoms with Gasteiger partial charge in [-0.1, -0.05) is 18.2 Å². The fourth-order valence-corrected chi connectivity index (χ4v) is 2.67. The first-order valence-corrected chi connectivity index (χ1v) is 6.57. The van der Waals surface area contributed by atoms with Gasteiger partial charge in [0.1, 0.15) is 6.10 Å². The number of hydrogen-bond donors (Lipinski definition) is 2. The normalized spacial score (nSPS) is 37.7. The largest absolute Gasteiger partial charge is 0.454 e. The number of carbonyl (C=O) groups is 1. The first-order valence-electron chi connectivity index (χ1n) is 6.57. The molecule has 2 rings (SSSR count). The minimum absolute atomic E-state index is 0.0709. The van der Waals surface area contributed by atoms with Gasteiger partial charge in [-0.15, -0.1) is 0 Å². The molecule has 0 aromatic heterocycles. The van der Waals surface area contributed by atoms with E-state index in [1.54, 1.807) is 0 Å². The molecule has 0 amide bonds. The highest BCUT2D eigenvalue weighted by molar-refractivity contribution is 5.91. The van der Waals surface area contributed by atoms with Gasteiger partial charge in [0.15, 0.2) is 0 Å². The summed E-state index contributed by atoms with van der Waals surface area (Å²) in [6.07, 6.45) is 4.69. The first kappa shape index (κ1) is 14.0. The highest BCUT2D eigenvalue weighted by Gasteiger charge is 2.42. The zero-order valence-electron chi connectivity index (χ0n) is 11.1. The summed E-state index contributed by atoms with van der Waals surface area (Å²) in [7, 11) is 0. The molecular formula is C15H20O4. The molecule has 4 heteroatoms. The molecule has 0 saturated carbocycles. The molecule has 4 nitrogen and oxygen atoms in total. The van der Waals surface area contributed by atoms with Crippen LogP contribution in [0.5, 0.6) is 0 Å². The van der Waals surface area contributed by atoms with Crippen molar-refractivity contribution in [1.82, 2.24) is 0 Å². The molecule has 0 spiro atoms. The van der Waals surface area contributed by atoms with Crippen LogP contribution in [0.4, 0.5) is 0 Å². The summed E-state index contributed by atoms with van der Waals surface area (Å²) in [5.74, 6) is -0.859. The van der Waals surface area contributed by atoms with Gasteiger partial charge >= 0.3 is 5.97 Å². The molecule has 1 fully saturated rings. The van der Waals surface area contributed by atoms with E-state index in [9.17, 15) is 15.0 Å². The van der Waals surface area contributed by atoms with Crippen molar-refractivity contribution in [3.63, 3.8) is 0 Å². The molecule has 3 atom stereocenters. The lowest BCUT2D eigenvalue weighted by Gasteiger charge is -2.23. The molecule has 19 heavy (non-hydrogen) atoms. The van der Waals surface area contributed by atoms with Crippen molar-refractivity contribution in [2.45, 2.75) is 38.4 Å². The van der Waals surface area contributed by atoms with Gasteiger partial charge in [0.05, 0.1) is 18.6 Å². The molecule has 0 aromatic carbocycles. The maximum atomic E-state index is 11.6. The third-order valence-electron chi connectivity index (χ3n) is 3.77. The van der Waals surface area contributed by atoms with E-state index in [1.807, 2.05) is 19.1 Å². The Hall–Kier alpha value is -1.39. The molecule has 0 bridgehead atoms. The smallest absolute Gasteiger partial charge is 0.334 e. The van der Waals surface area contributed by atoms with Crippen molar-refractivity contribution in [2.24, 2.45) is 5.92 Å². The van der Waals surface area contributed by atoms with E-state index in [4.69, 9.17) is 4.74 Å². The summed E-state index contributed by atoms with van der Waals surface area (Å²) < 4.78 is 5.26. The van der Waals surface area contributed by atoms with Crippen molar-refractivity contribution < 1.29 is 19.7 Å². The lowest BCUT2D eigenvalue weighted by Crippen LogP contribution is -2.29. The third-order valence-corrected chi connectivity index (χ3v) is 3.77. The average molecular weight is 264 g/mol. The monoisotopic (exact) mass is 264 g/mol. The van der Waals surface area contributed by atoms with Crippen LogP contribution >= 0.6 is 0 Å². The average Bonchev–Trinajstić information content (AvgIpc) is 2.63. The number of hydrogen-bond acceptors (Lipinski definition) is 4. The minimum atomic E-state index is -0.760. The van der Waals surface area contributed by atoms with E-state index in [-0.39, 0.29) is 6.61 Å². The summed E-state index contributed by atoms with van der Waals surface area (Å²) >= 11 is 0. The maximum absolute atomic E-state index is 11.6. The van der Waals surface area contributed by atoms with Gasteiger partial charge in [0.2, 0.25) is 0 Å². The maximum Gasteiger partial charge on any atom is 0.334 e. The standard InChI is InChI=1S/C15H20O4/c1-9-4-3-5-11(8-16)7-12(17)14-10(2)15(18)19-13(14)6-9/h5-6,12-14,16-17H,2-4,7-8H2,1H3/b9-6+,11-5-/t12-,13+,14+/m0/s1. The van der Waals surface area contributed by atoms with Crippen LogP contribution in [0.3, 0.4) is 0 Å². The SMILES string of the molecule is C=C1C(=O)O[C@@H]2/C=C(\C)CC/C=C(\CO)C[C@H](O)[C@@H]12. The minimum Gasteiger partial charge on any atom is -0.454 e. The van der Waals surface area contributed by atoms with Crippen LogP contribution in [0.25, 0.3) is 0 Å². The van der Waals surface area contributed by atoms with Gasteiger partial charge in [0.25, 0.3) is 0 Å². The highest BCUT2D eigenvalue weighted by Crippen LogP contribution is 2.34. The Balaban J connectivity index is 2.32. The predicted molar refractivity (Wildman–Crippen MR) is 71.3 cm³/mol. The van der Waals surface area contributed by atoms with Crippen molar-refractivity contribution in [2.75, 3.05) is 6.61 Å². The molecule has 0 radical (unpaired) electrons. The second-order valence-corrected chi connectivity index (χ2v) is 5.26. The van der Waals surface area contributed by atoms with Crippen LogP contribution in [0, 0.1) is 5.92 Å². The quantitative estimate of drug-likeness (QED) is 0.428. The zero-order valence-corrected chi connectivity index (χ0v) is 11.1. The van der Waals surface area contributed by atoms with E-state index in [2.05, 4.69) is 6.58 Å². The van der Waals surface area contributed by atoms with Crippen molar-refractivity contribution in [3.05, 3.63) is 35.5 Å². The lowest BCUT2D eigenvalue weighted by molar-refractivity contribution is -0.137. The highest BCUT2D eigenvalue weighted by atomic mass is 16.6. The number of carbonyl (C=O) groups excluding carboxylic acids is 1. The van der Waals surface area contributed by atoms with Gasteiger partial charge in [-0.2, -0.15) is 0 Å². The summed E-state index contributed by atoms with van der Waals surface area (Å²) in [5.41, 5.74) is 2.23. The Morgan fingerprint density at radius 3 is 2.95 bits per heavy atom. The van der Waals surface area contributed by atoms with Crippen LogP contribution < -0.4 is 0 Å². The van der Waals surface area contributed by atoms with Crippen LogP contribution in [0.1, 0.15) is 26.2 Å². The zero-order chi connectivity index (χ0) is 14.0. The van der Waals surface area contributed by atoms with E-state index >= 15 is 0 Å². The summed E-state index contributed by atoms with van der Waals surface area (Å²) in [6, 6.07) is 0. The van der Waals surface area contributed by atoms with Crippen LogP contribution in [0.2, 0.25) is 0 Å². The molecule has 104 valence electrons. The van der Waals surface area contributed by atoms with Crippen LogP contribution in [-0.4, -0.2) is 35.0 Å². The van der Waals surface area contributed by atoms with E-state index in [0.717, 1.165) is 24.0 Å². The van der Waals surface area contributed by atoms with Crippen molar-refractivity contribution in [3.8, 4) is 0 Å². The number of allylic oxidation sites excluding steroid dienone is 2. The third kappa shape index (κ3) is 2.96. The Morgan fingerprint density at radius 1 is 1.53 bits per heavy atom. The molecule has 0 aromatic rings. The van der Waals surface area contributed by atoms with Gasteiger partial charge in [-0.25, -0.2) is 4.79 Å². The second kappa shape index (κ2) is 5.72. The molecule has 0 unspecified atom stereocenters. The fraction of sp³-hybridized carbons (Fsp3) is 0.533. The summed E-state index contributed by atoms with van der Waals surface area (Å²) in [6.45, 7) is 5.63. The van der Waals surface area contributed by atoms with Gasteiger partial charge in [-0.3, -0.25) is 0 Å². The molecule has 1 aliphatic heterocycles. The van der Waals surface area contributed by atoms with E-state index in [1.165, 1.54) is 0 Å². The van der Waals surface area contributed by atoms with Crippen LogP contribution in [0.15, 0.2) is 35.5 Å². The Bertz CT molecular complexity index is 447. The van der Waals surface area contributed by atoms with Gasteiger partial charge in [-0.05, 0) is 37.8 Å². The van der Waals surface area contributed by atoms with E-state index < -0.39 is 24.1 Å². The molecule has 1 heterocycles. The molecular weight excluding hydrogens is 244 g/mol. The Kier molecular flexibility index (Phi) is 4.22. The Labute approximate surface area is 113 Å². The predicted octanol–water partition coefficient (Wildman–Crippen LogP) is 1.49. The topological polar surface area (TPSA) is 66.8 Å². The molecule has 2 N–H and O–H groups in total. The first-order chi connectivity index (χ1) is 9.02. The molecule has 2 aliphatic rings. The molecule has 1 saturated heterocycles. The number of aliphatic hydroxyl groups excluding tert-OH is 2. The van der Waals surface area contributed by atoms with Gasteiger partial charge < -0.3 is 14.9 Å². The second-order valence-electron chi connectivity index (χ2n) is 5.26. The van der Waals surface area contributed by atoms with Gasteiger partial charge in [0, 0.05) is 5.57 Å². The van der Waals surface area contributed by atoms with Crippen LogP contribution in [-0.2, 0) is 9.53 Å². The van der Waals surface area contributed by atoms with Crippen molar-refractivity contribution in [1.29, 1.82) is 0 Å². The number of aliphatic hydroxyl groups is 2. The number of rotatable bonds is 1. The van der Waals surface area contributed by atoms with Crippen molar-refractivity contribution >= 4 is 5.97 Å². The Morgan fingerprint density at radius 2 is 2.26 bits per heavy atom. The summed E-state index contributed by atoms with van der Waals surface area (Å²) in [5, 5.41) is 19.6. The number of fused-ring (bicyclic) bond motifs is 1.